The van der Waals surface area contributed by atoms with E-state index in [2.05, 4.69) is 37.4 Å². The minimum absolute atomic E-state index is 0.114. The lowest BCUT2D eigenvalue weighted by Gasteiger charge is -2.17. The van der Waals surface area contributed by atoms with Crippen LogP contribution in [0.3, 0.4) is 0 Å². The van der Waals surface area contributed by atoms with Gasteiger partial charge in [0, 0.05) is 43.3 Å². The summed E-state index contributed by atoms with van der Waals surface area (Å²) < 4.78 is 2.06. The fourth-order valence-corrected chi connectivity index (χ4v) is 2.95. The average molecular weight is 284 g/mol. The minimum Gasteiger partial charge on any atom is -0.336 e. The van der Waals surface area contributed by atoms with E-state index in [0.29, 0.717) is 0 Å². The smallest absolute Gasteiger partial charge is 0.131 e. The molecule has 3 heterocycles. The van der Waals surface area contributed by atoms with Crippen LogP contribution in [0.25, 0.3) is 0 Å². The van der Waals surface area contributed by atoms with Crippen LogP contribution in [0, 0.1) is 0 Å². The summed E-state index contributed by atoms with van der Waals surface area (Å²) in [5.41, 5.74) is 1.22. The van der Waals surface area contributed by atoms with Crippen LogP contribution in [-0.2, 0) is 13.6 Å². The molecule has 0 aliphatic carbocycles. The maximum Gasteiger partial charge on any atom is 0.131 e. The molecule has 3 rings (SSSR count). The van der Waals surface area contributed by atoms with Gasteiger partial charge in [0.2, 0.25) is 0 Å². The van der Waals surface area contributed by atoms with E-state index in [4.69, 9.17) is 0 Å². The highest BCUT2D eigenvalue weighted by Crippen LogP contribution is 2.25. The van der Waals surface area contributed by atoms with Crippen molar-refractivity contribution in [1.82, 2.24) is 19.9 Å². The van der Waals surface area contributed by atoms with E-state index in [9.17, 15) is 0 Å². The molecule has 4 nitrogen and oxygen atoms in total. The summed E-state index contributed by atoms with van der Waals surface area (Å²) in [6, 6.07) is 8.38. The Morgan fingerprint density at radius 3 is 2.75 bits per heavy atom. The van der Waals surface area contributed by atoms with Crippen LogP contribution in [0.15, 0.2) is 54.4 Å². The molecule has 0 fully saturated rings. The molecule has 0 aromatic carbocycles. The van der Waals surface area contributed by atoms with Crippen molar-refractivity contribution < 1.29 is 0 Å². The molecule has 1 unspecified atom stereocenters. The lowest BCUT2D eigenvalue weighted by molar-refractivity contribution is 0.565. The van der Waals surface area contributed by atoms with Crippen LogP contribution in [-0.4, -0.2) is 14.5 Å². The predicted octanol–water partition coefficient (Wildman–Crippen LogP) is 2.76. The third-order valence-electron chi connectivity index (χ3n) is 3.20. The van der Waals surface area contributed by atoms with Crippen molar-refractivity contribution in [3.63, 3.8) is 0 Å². The Labute approximate surface area is 122 Å². The number of hydrogen-bond donors (Lipinski definition) is 1. The number of rotatable bonds is 5. The molecule has 0 radical (unpaired) electrons. The van der Waals surface area contributed by atoms with Crippen LogP contribution in [0.2, 0.25) is 0 Å². The predicted molar refractivity (Wildman–Crippen MR) is 80.4 cm³/mol. The van der Waals surface area contributed by atoms with Crippen molar-refractivity contribution in [2.75, 3.05) is 0 Å². The quantitative estimate of drug-likeness (QED) is 0.783. The van der Waals surface area contributed by atoms with E-state index in [1.54, 1.807) is 11.3 Å². The molecule has 1 N–H and O–H groups in total. The number of thiophene rings is 1. The van der Waals surface area contributed by atoms with Gasteiger partial charge in [0.25, 0.3) is 0 Å². The monoisotopic (exact) mass is 284 g/mol. The van der Waals surface area contributed by atoms with E-state index < -0.39 is 0 Å². The van der Waals surface area contributed by atoms with Crippen LogP contribution in [0.4, 0.5) is 0 Å². The van der Waals surface area contributed by atoms with Gasteiger partial charge < -0.3 is 4.57 Å². The number of pyridine rings is 1. The molecule has 102 valence electrons. The molecule has 0 aliphatic rings. The zero-order valence-electron chi connectivity index (χ0n) is 11.2. The third-order valence-corrected chi connectivity index (χ3v) is 4.14. The van der Waals surface area contributed by atoms with E-state index in [0.717, 1.165) is 12.4 Å². The van der Waals surface area contributed by atoms with Crippen LogP contribution in [0.5, 0.6) is 0 Å². The number of nitrogens with one attached hydrogen (secondary N) is 1. The molecule has 1 atom stereocenters. The largest absolute Gasteiger partial charge is 0.336 e. The molecule has 0 saturated carbocycles. The summed E-state index contributed by atoms with van der Waals surface area (Å²) in [5, 5.41) is 5.68. The third kappa shape index (κ3) is 2.79. The Bertz CT molecular complexity index is 646. The normalized spacial score (nSPS) is 12.4. The molecule has 20 heavy (non-hydrogen) atoms. The molecule has 0 saturated heterocycles. The summed E-state index contributed by atoms with van der Waals surface area (Å²) in [4.78, 5) is 9.79. The number of hydrogen-bond acceptors (Lipinski definition) is 4. The Kier molecular flexibility index (Phi) is 3.90. The van der Waals surface area contributed by atoms with Gasteiger partial charge in [-0.05, 0) is 29.1 Å². The summed E-state index contributed by atoms with van der Waals surface area (Å²) in [5.74, 6) is 1.03. The van der Waals surface area contributed by atoms with Gasteiger partial charge in [0.1, 0.15) is 11.9 Å². The van der Waals surface area contributed by atoms with Crippen molar-refractivity contribution in [1.29, 1.82) is 0 Å². The van der Waals surface area contributed by atoms with Gasteiger partial charge in [-0.3, -0.25) is 10.3 Å². The maximum absolute atomic E-state index is 4.48. The Hall–Kier alpha value is -1.98. The van der Waals surface area contributed by atoms with Crippen molar-refractivity contribution in [2.45, 2.75) is 12.6 Å². The molecule has 0 spiro atoms. The molecular formula is C15H16N4S. The Morgan fingerprint density at radius 1 is 1.25 bits per heavy atom. The molecule has 5 heteroatoms. The van der Waals surface area contributed by atoms with Crippen molar-refractivity contribution in [2.24, 2.45) is 7.05 Å². The first kappa shape index (κ1) is 13.0. The molecule has 0 amide bonds. The standard InChI is InChI=1S/C15H16N4S/c1-19-9-8-17-15(19)14(13-3-2-10-20-13)18-11-12-4-6-16-7-5-12/h2-10,14,18H,11H2,1H3. The first-order valence-electron chi connectivity index (χ1n) is 6.47. The van der Waals surface area contributed by atoms with Crippen molar-refractivity contribution in [3.8, 4) is 0 Å². The van der Waals surface area contributed by atoms with E-state index >= 15 is 0 Å². The van der Waals surface area contributed by atoms with Crippen molar-refractivity contribution in [3.05, 3.63) is 70.7 Å². The molecule has 0 aliphatic heterocycles. The lowest BCUT2D eigenvalue weighted by atomic mass is 10.2. The first-order chi connectivity index (χ1) is 9.84. The van der Waals surface area contributed by atoms with Crippen LogP contribution >= 0.6 is 11.3 Å². The first-order valence-corrected chi connectivity index (χ1v) is 7.35. The molecule has 3 aromatic rings. The molecule has 3 aromatic heterocycles. The zero-order chi connectivity index (χ0) is 13.8. The number of imidazole rings is 1. The van der Waals surface area contributed by atoms with E-state index in [1.165, 1.54) is 10.4 Å². The fraction of sp³-hybridized carbons (Fsp3) is 0.200. The second kappa shape index (κ2) is 5.98. The van der Waals surface area contributed by atoms with Gasteiger partial charge in [-0.2, -0.15) is 0 Å². The summed E-state index contributed by atoms with van der Waals surface area (Å²) >= 11 is 1.74. The van der Waals surface area contributed by atoms with E-state index in [-0.39, 0.29) is 6.04 Å². The summed E-state index contributed by atoms with van der Waals surface area (Å²) in [6.45, 7) is 0.790. The van der Waals surface area contributed by atoms with Gasteiger partial charge in [-0.25, -0.2) is 4.98 Å². The van der Waals surface area contributed by atoms with Crippen LogP contribution < -0.4 is 5.32 Å². The van der Waals surface area contributed by atoms with Gasteiger partial charge in [-0.1, -0.05) is 6.07 Å². The lowest BCUT2D eigenvalue weighted by Crippen LogP contribution is -2.24. The Morgan fingerprint density at radius 2 is 2.10 bits per heavy atom. The van der Waals surface area contributed by atoms with Crippen molar-refractivity contribution >= 4 is 11.3 Å². The summed E-state index contributed by atoms with van der Waals surface area (Å²) in [6.07, 6.45) is 7.45. The fourth-order valence-electron chi connectivity index (χ4n) is 2.15. The minimum atomic E-state index is 0.114. The van der Waals surface area contributed by atoms with Gasteiger partial charge in [-0.15, -0.1) is 11.3 Å². The van der Waals surface area contributed by atoms with Gasteiger partial charge in [0.05, 0.1) is 0 Å². The van der Waals surface area contributed by atoms with Crippen LogP contribution in [0.1, 0.15) is 22.3 Å². The molecular weight excluding hydrogens is 268 g/mol. The molecule has 0 bridgehead atoms. The highest BCUT2D eigenvalue weighted by molar-refractivity contribution is 7.10. The zero-order valence-corrected chi connectivity index (χ0v) is 12.0. The van der Waals surface area contributed by atoms with Gasteiger partial charge >= 0.3 is 0 Å². The second-order valence-corrected chi connectivity index (χ2v) is 5.56. The number of aromatic nitrogens is 3. The number of nitrogens with zero attached hydrogens (tertiary/aromatic N) is 3. The number of aryl methyl sites for hydroxylation is 1. The van der Waals surface area contributed by atoms with E-state index in [1.807, 2.05) is 44.0 Å². The van der Waals surface area contributed by atoms with Gasteiger partial charge in [0.15, 0.2) is 0 Å². The second-order valence-electron chi connectivity index (χ2n) is 4.58. The SMILES string of the molecule is Cn1ccnc1C(NCc1ccncc1)c1cccs1. The highest BCUT2D eigenvalue weighted by Gasteiger charge is 2.18. The average Bonchev–Trinajstić information content (AvgIpc) is 3.13. The Balaban J connectivity index is 1.82. The topological polar surface area (TPSA) is 42.7 Å². The maximum atomic E-state index is 4.48. The summed E-state index contributed by atoms with van der Waals surface area (Å²) in [7, 11) is 2.02. The highest BCUT2D eigenvalue weighted by atomic mass is 32.1.